The van der Waals surface area contributed by atoms with Gasteiger partial charge in [-0.2, -0.15) is 0 Å². The first-order valence-corrected chi connectivity index (χ1v) is 7.59. The minimum absolute atomic E-state index is 0.335. The van der Waals surface area contributed by atoms with Crippen LogP contribution in [0.1, 0.15) is 58.3 Å². The maximum absolute atomic E-state index is 9.45. The Morgan fingerprint density at radius 2 is 1.82 bits per heavy atom. The molecule has 2 aliphatic carbocycles. The molecule has 100 valence electrons. The van der Waals surface area contributed by atoms with Crippen molar-refractivity contribution in [1.82, 2.24) is 0 Å². The third-order valence-corrected chi connectivity index (χ3v) is 4.77. The lowest BCUT2D eigenvalue weighted by Crippen LogP contribution is -2.33. The molecule has 2 saturated carbocycles. The Balaban J connectivity index is 1.62. The van der Waals surface area contributed by atoms with Crippen LogP contribution >= 0.6 is 0 Å². The molecule has 0 saturated heterocycles. The molecule has 2 fully saturated rings. The molecule has 17 heavy (non-hydrogen) atoms. The van der Waals surface area contributed by atoms with Crippen molar-refractivity contribution < 1.29 is 9.84 Å². The zero-order chi connectivity index (χ0) is 12.1. The summed E-state index contributed by atoms with van der Waals surface area (Å²) >= 11 is 0. The maximum Gasteiger partial charge on any atom is 0.0656 e. The van der Waals surface area contributed by atoms with Gasteiger partial charge in [-0.05, 0) is 37.5 Å². The lowest BCUT2D eigenvalue weighted by Gasteiger charge is -2.29. The van der Waals surface area contributed by atoms with Crippen LogP contribution in [0.25, 0.3) is 0 Å². The van der Waals surface area contributed by atoms with Gasteiger partial charge in [0.15, 0.2) is 0 Å². The zero-order valence-corrected chi connectivity index (χ0v) is 11.2. The smallest absolute Gasteiger partial charge is 0.0656 e. The van der Waals surface area contributed by atoms with Gasteiger partial charge in [0.1, 0.15) is 0 Å². The molecule has 2 bridgehead atoms. The minimum atomic E-state index is 0.335. The van der Waals surface area contributed by atoms with Gasteiger partial charge in [-0.15, -0.1) is 0 Å². The number of fused-ring (bicyclic) bond motifs is 2. The average Bonchev–Trinajstić information content (AvgIpc) is 2.93. The van der Waals surface area contributed by atoms with Crippen LogP contribution in [0.15, 0.2) is 0 Å². The Morgan fingerprint density at radius 1 is 1.06 bits per heavy atom. The van der Waals surface area contributed by atoms with Gasteiger partial charge >= 0.3 is 0 Å². The van der Waals surface area contributed by atoms with Crippen LogP contribution in [0.2, 0.25) is 0 Å². The van der Waals surface area contributed by atoms with Crippen molar-refractivity contribution in [3.8, 4) is 0 Å². The molecule has 0 radical (unpaired) electrons. The molecule has 0 amide bonds. The monoisotopic (exact) mass is 240 g/mol. The normalized spacial score (nSPS) is 35.6. The van der Waals surface area contributed by atoms with Crippen LogP contribution in [0.3, 0.4) is 0 Å². The highest BCUT2D eigenvalue weighted by Gasteiger charge is 2.47. The number of hydrogen-bond donors (Lipinski definition) is 1. The van der Waals surface area contributed by atoms with Crippen LogP contribution < -0.4 is 0 Å². The van der Waals surface area contributed by atoms with Crippen molar-refractivity contribution in [2.45, 2.75) is 64.4 Å². The molecule has 2 nitrogen and oxygen atoms in total. The molecule has 1 N–H and O–H groups in total. The van der Waals surface area contributed by atoms with Gasteiger partial charge in [0.2, 0.25) is 0 Å². The molecule has 4 atom stereocenters. The molecule has 2 aliphatic rings. The van der Waals surface area contributed by atoms with Gasteiger partial charge in [-0.3, -0.25) is 0 Å². The molecule has 0 spiro atoms. The van der Waals surface area contributed by atoms with Gasteiger partial charge in [0, 0.05) is 19.1 Å². The first-order valence-electron chi connectivity index (χ1n) is 7.59. The SMILES string of the molecule is CCCCCCCO[C@H]1[C@H]2CC[C@H](C2)[C@H]1CO. The summed E-state index contributed by atoms with van der Waals surface area (Å²) in [5.74, 6) is 1.97. The van der Waals surface area contributed by atoms with E-state index in [0.717, 1.165) is 18.4 Å². The first-order chi connectivity index (χ1) is 8.36. The highest BCUT2D eigenvalue weighted by molar-refractivity contribution is 4.97. The van der Waals surface area contributed by atoms with Crippen molar-refractivity contribution in [1.29, 1.82) is 0 Å². The summed E-state index contributed by atoms with van der Waals surface area (Å²) < 4.78 is 6.06. The Bertz CT molecular complexity index is 217. The van der Waals surface area contributed by atoms with Gasteiger partial charge in [0.05, 0.1) is 6.10 Å². The van der Waals surface area contributed by atoms with Gasteiger partial charge in [-0.1, -0.05) is 32.6 Å². The van der Waals surface area contributed by atoms with Crippen molar-refractivity contribution in [3.63, 3.8) is 0 Å². The molecule has 0 heterocycles. The number of aliphatic hydroxyl groups excluding tert-OH is 1. The number of unbranched alkanes of at least 4 members (excludes halogenated alkanes) is 4. The molecule has 0 aromatic carbocycles. The van der Waals surface area contributed by atoms with E-state index in [1.807, 2.05) is 0 Å². The van der Waals surface area contributed by atoms with Crippen molar-refractivity contribution >= 4 is 0 Å². The van der Waals surface area contributed by atoms with E-state index < -0.39 is 0 Å². The number of rotatable bonds is 8. The molecule has 2 heteroatoms. The summed E-state index contributed by atoms with van der Waals surface area (Å²) in [5.41, 5.74) is 0. The van der Waals surface area contributed by atoms with Crippen molar-refractivity contribution in [2.75, 3.05) is 13.2 Å². The van der Waals surface area contributed by atoms with Gasteiger partial charge in [-0.25, -0.2) is 0 Å². The summed E-state index contributed by atoms with van der Waals surface area (Å²) in [4.78, 5) is 0. The van der Waals surface area contributed by atoms with Crippen LogP contribution in [-0.4, -0.2) is 24.4 Å². The second kappa shape index (κ2) is 6.75. The third kappa shape index (κ3) is 3.23. The Morgan fingerprint density at radius 3 is 2.59 bits per heavy atom. The topological polar surface area (TPSA) is 29.5 Å². The van der Waals surface area contributed by atoms with E-state index in [2.05, 4.69) is 6.92 Å². The maximum atomic E-state index is 9.45. The first kappa shape index (κ1) is 13.4. The van der Waals surface area contributed by atoms with E-state index in [-0.39, 0.29) is 0 Å². The highest BCUT2D eigenvalue weighted by Crippen LogP contribution is 2.49. The fraction of sp³-hybridized carbons (Fsp3) is 1.00. The van der Waals surface area contributed by atoms with Crippen molar-refractivity contribution in [2.24, 2.45) is 17.8 Å². The van der Waals surface area contributed by atoms with E-state index in [1.165, 1.54) is 51.4 Å². The largest absolute Gasteiger partial charge is 0.396 e. The van der Waals surface area contributed by atoms with Crippen LogP contribution in [-0.2, 0) is 4.74 Å². The Kier molecular flexibility index (Phi) is 5.30. The number of ether oxygens (including phenoxy) is 1. The van der Waals surface area contributed by atoms with Crippen LogP contribution in [0, 0.1) is 17.8 Å². The molecule has 0 aromatic rings. The summed E-state index contributed by atoms with van der Waals surface area (Å²) in [5, 5.41) is 9.45. The lowest BCUT2D eigenvalue weighted by molar-refractivity contribution is -0.0369. The highest BCUT2D eigenvalue weighted by atomic mass is 16.5. The van der Waals surface area contributed by atoms with Gasteiger partial charge in [0.25, 0.3) is 0 Å². The lowest BCUT2D eigenvalue weighted by atomic mass is 9.87. The van der Waals surface area contributed by atoms with E-state index in [4.69, 9.17) is 4.74 Å². The zero-order valence-electron chi connectivity index (χ0n) is 11.2. The fourth-order valence-corrected chi connectivity index (χ4v) is 3.80. The van der Waals surface area contributed by atoms with E-state index in [9.17, 15) is 5.11 Å². The van der Waals surface area contributed by atoms with Crippen molar-refractivity contribution in [3.05, 3.63) is 0 Å². The second-order valence-corrected chi connectivity index (χ2v) is 5.93. The second-order valence-electron chi connectivity index (χ2n) is 5.93. The quantitative estimate of drug-likeness (QED) is 0.659. The summed E-state index contributed by atoms with van der Waals surface area (Å²) in [6, 6.07) is 0. The molecule has 2 rings (SSSR count). The number of aliphatic hydroxyl groups is 1. The third-order valence-electron chi connectivity index (χ3n) is 4.77. The fourth-order valence-electron chi connectivity index (χ4n) is 3.80. The Hall–Kier alpha value is -0.0800. The van der Waals surface area contributed by atoms with Crippen LogP contribution in [0.4, 0.5) is 0 Å². The molecule has 0 unspecified atom stereocenters. The van der Waals surface area contributed by atoms with Crippen LogP contribution in [0.5, 0.6) is 0 Å². The molecular weight excluding hydrogens is 212 g/mol. The summed E-state index contributed by atoms with van der Waals surface area (Å²) in [7, 11) is 0. The van der Waals surface area contributed by atoms with E-state index in [0.29, 0.717) is 18.6 Å². The summed E-state index contributed by atoms with van der Waals surface area (Å²) in [6.45, 7) is 3.49. The Labute approximate surface area is 106 Å². The van der Waals surface area contributed by atoms with Gasteiger partial charge < -0.3 is 9.84 Å². The molecular formula is C15H28O2. The summed E-state index contributed by atoms with van der Waals surface area (Å²) in [6.07, 6.45) is 10.9. The van der Waals surface area contributed by atoms with E-state index >= 15 is 0 Å². The minimum Gasteiger partial charge on any atom is -0.396 e. The number of hydrogen-bond acceptors (Lipinski definition) is 2. The standard InChI is InChI=1S/C15H28O2/c1-2-3-4-5-6-9-17-15-13-8-7-12(10-13)14(15)11-16/h12-16H,2-11H2,1H3/t12-,13+,14-,15+/m1/s1. The predicted octanol–water partition coefficient (Wildman–Crippen LogP) is 3.38. The molecule has 0 aliphatic heterocycles. The van der Waals surface area contributed by atoms with E-state index in [1.54, 1.807) is 0 Å². The molecule has 0 aromatic heterocycles. The predicted molar refractivity (Wildman–Crippen MR) is 69.9 cm³/mol. The average molecular weight is 240 g/mol.